The molecule has 0 fully saturated rings. The van der Waals surface area contributed by atoms with Crippen LogP contribution in [-0.2, 0) is 0 Å². The monoisotopic (exact) mass is 232 g/mol. The summed E-state index contributed by atoms with van der Waals surface area (Å²) in [5, 5.41) is 6.33. The molecule has 2 rings (SSSR count). The lowest BCUT2D eigenvalue weighted by molar-refractivity contribution is 1.19. The van der Waals surface area contributed by atoms with Crippen molar-refractivity contribution in [2.45, 2.75) is 20.8 Å². The summed E-state index contributed by atoms with van der Waals surface area (Å²) in [6.45, 7) is 7.26. The molecule has 0 aliphatic carbocycles. The number of rotatable bonds is 3. The molecule has 2 nitrogen and oxygen atoms in total. The quantitative estimate of drug-likeness (QED) is 0.869. The summed E-state index contributed by atoms with van der Waals surface area (Å²) in [6, 6.07) is 6.48. The molecule has 1 N–H and O–H groups in total. The van der Waals surface area contributed by atoms with Gasteiger partial charge in [0.25, 0.3) is 0 Å². The van der Waals surface area contributed by atoms with Gasteiger partial charge in [-0.3, -0.25) is 0 Å². The van der Waals surface area contributed by atoms with E-state index in [4.69, 9.17) is 0 Å². The van der Waals surface area contributed by atoms with Crippen LogP contribution in [0.2, 0.25) is 0 Å². The third kappa shape index (κ3) is 2.25. The zero-order chi connectivity index (χ0) is 11.5. The molecule has 1 aromatic heterocycles. The number of aromatic nitrogens is 1. The van der Waals surface area contributed by atoms with Gasteiger partial charge in [0.1, 0.15) is 0 Å². The van der Waals surface area contributed by atoms with Gasteiger partial charge in [0, 0.05) is 17.5 Å². The van der Waals surface area contributed by atoms with E-state index in [-0.39, 0.29) is 0 Å². The van der Waals surface area contributed by atoms with E-state index in [1.807, 2.05) is 0 Å². The van der Waals surface area contributed by atoms with Gasteiger partial charge in [-0.15, -0.1) is 11.3 Å². The van der Waals surface area contributed by atoms with Crippen LogP contribution in [-0.4, -0.2) is 11.5 Å². The van der Waals surface area contributed by atoms with Crippen LogP contribution in [0.4, 0.5) is 5.13 Å². The number of aryl methyl sites for hydroxylation is 2. The largest absolute Gasteiger partial charge is 0.362 e. The molecule has 1 aromatic carbocycles. The Hall–Kier alpha value is -1.35. The molecule has 1 heterocycles. The first-order chi connectivity index (χ1) is 7.70. The van der Waals surface area contributed by atoms with Gasteiger partial charge in [-0.1, -0.05) is 12.1 Å². The molecule has 0 bridgehead atoms. The highest BCUT2D eigenvalue weighted by atomic mass is 32.1. The van der Waals surface area contributed by atoms with E-state index in [9.17, 15) is 0 Å². The lowest BCUT2D eigenvalue weighted by atomic mass is 10.1. The normalized spacial score (nSPS) is 10.4. The second-order valence-electron chi connectivity index (χ2n) is 3.87. The Balaban J connectivity index is 2.31. The van der Waals surface area contributed by atoms with E-state index in [2.05, 4.69) is 54.7 Å². The summed E-state index contributed by atoms with van der Waals surface area (Å²) >= 11 is 1.66. The van der Waals surface area contributed by atoms with Gasteiger partial charge < -0.3 is 5.32 Å². The molecular formula is C13H16N2S. The van der Waals surface area contributed by atoms with Crippen LogP contribution in [0.3, 0.4) is 0 Å². The minimum absolute atomic E-state index is 0.917. The maximum atomic E-state index is 4.55. The lowest BCUT2D eigenvalue weighted by Crippen LogP contribution is -1.95. The van der Waals surface area contributed by atoms with Crippen molar-refractivity contribution in [2.75, 3.05) is 11.9 Å². The fraction of sp³-hybridized carbons (Fsp3) is 0.308. The lowest BCUT2D eigenvalue weighted by Gasteiger charge is -2.02. The van der Waals surface area contributed by atoms with Crippen molar-refractivity contribution in [1.29, 1.82) is 0 Å². The second kappa shape index (κ2) is 4.66. The average molecular weight is 232 g/mol. The minimum atomic E-state index is 0.917. The van der Waals surface area contributed by atoms with Crippen LogP contribution >= 0.6 is 11.3 Å². The molecule has 0 aliphatic heterocycles. The van der Waals surface area contributed by atoms with Gasteiger partial charge in [-0.25, -0.2) is 4.98 Å². The van der Waals surface area contributed by atoms with Crippen molar-refractivity contribution in [2.24, 2.45) is 0 Å². The van der Waals surface area contributed by atoms with Crippen LogP contribution in [0.5, 0.6) is 0 Å². The van der Waals surface area contributed by atoms with Crippen LogP contribution in [0, 0.1) is 13.8 Å². The Kier molecular flexibility index (Phi) is 3.25. The average Bonchev–Trinajstić information content (AvgIpc) is 2.71. The Bertz CT molecular complexity index is 488. The fourth-order valence-corrected chi connectivity index (χ4v) is 2.33. The smallest absolute Gasteiger partial charge is 0.183 e. The third-order valence-electron chi connectivity index (χ3n) is 2.63. The highest BCUT2D eigenvalue weighted by molar-refractivity contribution is 7.14. The predicted molar refractivity (Wildman–Crippen MR) is 71.2 cm³/mol. The summed E-state index contributed by atoms with van der Waals surface area (Å²) in [6.07, 6.45) is 0. The molecular weight excluding hydrogens is 216 g/mol. The number of nitrogens with zero attached hydrogens (tertiary/aromatic N) is 1. The van der Waals surface area contributed by atoms with Crippen molar-refractivity contribution in [1.82, 2.24) is 4.98 Å². The van der Waals surface area contributed by atoms with E-state index in [0.29, 0.717) is 0 Å². The molecule has 16 heavy (non-hydrogen) atoms. The van der Waals surface area contributed by atoms with Gasteiger partial charge in [-0.05, 0) is 38.0 Å². The summed E-state index contributed by atoms with van der Waals surface area (Å²) in [7, 11) is 0. The topological polar surface area (TPSA) is 24.9 Å². The Morgan fingerprint density at radius 1 is 1.25 bits per heavy atom. The predicted octanol–water partition coefficient (Wildman–Crippen LogP) is 3.86. The molecule has 0 spiro atoms. The van der Waals surface area contributed by atoms with E-state index in [0.717, 1.165) is 17.4 Å². The standard InChI is InChI=1S/C13H16N2S/c1-4-14-13-15-12(8-16-13)11-6-5-9(2)10(3)7-11/h5-8H,4H2,1-3H3,(H,14,15). The molecule has 0 amide bonds. The molecule has 2 aromatic rings. The number of benzene rings is 1. The second-order valence-corrected chi connectivity index (χ2v) is 4.73. The molecule has 84 valence electrons. The Labute approximate surface area is 100 Å². The Morgan fingerprint density at radius 2 is 2.06 bits per heavy atom. The van der Waals surface area contributed by atoms with Crippen molar-refractivity contribution in [3.63, 3.8) is 0 Å². The van der Waals surface area contributed by atoms with E-state index in [1.54, 1.807) is 11.3 Å². The summed E-state index contributed by atoms with van der Waals surface area (Å²) in [5.74, 6) is 0. The van der Waals surface area contributed by atoms with E-state index >= 15 is 0 Å². The van der Waals surface area contributed by atoms with Crippen molar-refractivity contribution >= 4 is 16.5 Å². The van der Waals surface area contributed by atoms with E-state index < -0.39 is 0 Å². The summed E-state index contributed by atoms with van der Waals surface area (Å²) in [4.78, 5) is 4.55. The first kappa shape index (κ1) is 11.1. The van der Waals surface area contributed by atoms with Gasteiger partial charge in [0.2, 0.25) is 0 Å². The van der Waals surface area contributed by atoms with Crippen molar-refractivity contribution in [3.8, 4) is 11.3 Å². The molecule has 0 atom stereocenters. The summed E-state index contributed by atoms with van der Waals surface area (Å²) in [5.41, 5.74) is 4.90. The first-order valence-corrected chi connectivity index (χ1v) is 6.35. The Morgan fingerprint density at radius 3 is 2.75 bits per heavy atom. The fourth-order valence-electron chi connectivity index (χ4n) is 1.54. The number of anilines is 1. The molecule has 0 radical (unpaired) electrons. The maximum Gasteiger partial charge on any atom is 0.183 e. The first-order valence-electron chi connectivity index (χ1n) is 5.47. The van der Waals surface area contributed by atoms with Crippen LogP contribution in [0.25, 0.3) is 11.3 Å². The van der Waals surface area contributed by atoms with Crippen LogP contribution < -0.4 is 5.32 Å². The SMILES string of the molecule is CCNc1nc(-c2ccc(C)c(C)c2)cs1. The molecule has 0 aliphatic rings. The number of hydrogen-bond acceptors (Lipinski definition) is 3. The molecule has 0 unspecified atom stereocenters. The summed E-state index contributed by atoms with van der Waals surface area (Å²) < 4.78 is 0. The number of nitrogens with one attached hydrogen (secondary N) is 1. The highest BCUT2D eigenvalue weighted by Crippen LogP contribution is 2.26. The minimum Gasteiger partial charge on any atom is -0.362 e. The zero-order valence-corrected chi connectivity index (χ0v) is 10.7. The number of hydrogen-bond donors (Lipinski definition) is 1. The number of thiazole rings is 1. The van der Waals surface area contributed by atoms with Gasteiger partial charge in [0.15, 0.2) is 5.13 Å². The van der Waals surface area contributed by atoms with E-state index in [1.165, 1.54) is 16.7 Å². The highest BCUT2D eigenvalue weighted by Gasteiger charge is 2.04. The van der Waals surface area contributed by atoms with Gasteiger partial charge >= 0.3 is 0 Å². The van der Waals surface area contributed by atoms with Gasteiger partial charge in [0.05, 0.1) is 5.69 Å². The van der Waals surface area contributed by atoms with Crippen LogP contribution in [0.15, 0.2) is 23.6 Å². The van der Waals surface area contributed by atoms with Crippen molar-refractivity contribution < 1.29 is 0 Å². The molecule has 0 saturated carbocycles. The third-order valence-corrected chi connectivity index (χ3v) is 3.43. The van der Waals surface area contributed by atoms with Crippen LogP contribution in [0.1, 0.15) is 18.1 Å². The molecule has 3 heteroatoms. The zero-order valence-electron chi connectivity index (χ0n) is 9.87. The maximum absolute atomic E-state index is 4.55. The van der Waals surface area contributed by atoms with Crippen molar-refractivity contribution in [3.05, 3.63) is 34.7 Å². The van der Waals surface area contributed by atoms with Gasteiger partial charge in [-0.2, -0.15) is 0 Å². The molecule has 0 saturated heterocycles.